The van der Waals surface area contributed by atoms with Gasteiger partial charge in [-0.3, -0.25) is 0 Å². The molecule has 2 nitrogen and oxygen atoms in total. The number of allylic oxidation sites excluding steroid dienone is 6. The minimum atomic E-state index is -0.0247. The summed E-state index contributed by atoms with van der Waals surface area (Å²) < 4.78 is 6.32. The van der Waals surface area contributed by atoms with E-state index in [0.717, 1.165) is 24.5 Å². The highest BCUT2D eigenvalue weighted by molar-refractivity contribution is 5.70. The summed E-state index contributed by atoms with van der Waals surface area (Å²) in [6.07, 6.45) is 11.1. The maximum Gasteiger partial charge on any atom is 0.127 e. The number of ether oxygens (including phenoxy) is 1. The molecule has 0 aromatic heterocycles. The lowest BCUT2D eigenvalue weighted by Crippen LogP contribution is -2.46. The average molecular weight is 432 g/mol. The first-order valence-electron chi connectivity index (χ1n) is 12.1. The van der Waals surface area contributed by atoms with E-state index in [2.05, 4.69) is 104 Å². The molecule has 4 rings (SSSR count). The molecule has 1 aromatic rings. The van der Waals surface area contributed by atoms with Gasteiger partial charge >= 0.3 is 0 Å². The van der Waals surface area contributed by atoms with Gasteiger partial charge in [0.1, 0.15) is 11.5 Å². The Balaban J connectivity index is 1.72. The van der Waals surface area contributed by atoms with Crippen LogP contribution in [0.1, 0.15) is 85.4 Å². The van der Waals surface area contributed by atoms with Crippen molar-refractivity contribution in [1.29, 1.82) is 0 Å². The first-order chi connectivity index (χ1) is 14.7. The van der Waals surface area contributed by atoms with Crippen LogP contribution in [0.4, 0.5) is 5.69 Å². The minimum Gasteiger partial charge on any atom is -0.461 e. The van der Waals surface area contributed by atoms with Gasteiger partial charge in [-0.05, 0) is 90.1 Å². The van der Waals surface area contributed by atoms with Crippen molar-refractivity contribution in [3.63, 3.8) is 0 Å². The lowest BCUT2D eigenvalue weighted by molar-refractivity contribution is 0.223. The highest BCUT2D eigenvalue weighted by Gasteiger charge is 2.39. The Morgan fingerprint density at radius 2 is 1.75 bits per heavy atom. The third-order valence-corrected chi connectivity index (χ3v) is 7.12. The summed E-state index contributed by atoms with van der Waals surface area (Å²) in [5, 5.41) is 0. The van der Waals surface area contributed by atoms with Gasteiger partial charge in [0.25, 0.3) is 0 Å². The fourth-order valence-corrected chi connectivity index (χ4v) is 5.19. The molecule has 0 spiro atoms. The molecule has 0 unspecified atom stereocenters. The van der Waals surface area contributed by atoms with E-state index in [-0.39, 0.29) is 10.8 Å². The van der Waals surface area contributed by atoms with Gasteiger partial charge in [0.15, 0.2) is 0 Å². The lowest BCUT2D eigenvalue weighted by Gasteiger charge is -2.48. The molecule has 0 amide bonds. The summed E-state index contributed by atoms with van der Waals surface area (Å²) in [5.74, 6) is 1.94. The number of rotatable bonds is 2. The van der Waals surface area contributed by atoms with Crippen LogP contribution in [0.3, 0.4) is 0 Å². The van der Waals surface area contributed by atoms with Crippen LogP contribution in [0.15, 0.2) is 53.0 Å². The highest BCUT2D eigenvalue weighted by atomic mass is 16.5. The van der Waals surface area contributed by atoms with E-state index >= 15 is 0 Å². The van der Waals surface area contributed by atoms with Gasteiger partial charge < -0.3 is 9.64 Å². The van der Waals surface area contributed by atoms with Crippen LogP contribution in [-0.4, -0.2) is 13.1 Å². The van der Waals surface area contributed by atoms with Crippen LogP contribution in [-0.2, 0) is 16.6 Å². The molecular formula is C30H41NO. The number of hydrogen-bond acceptors (Lipinski definition) is 2. The summed E-state index contributed by atoms with van der Waals surface area (Å²) in [6, 6.07) is 4.84. The first kappa shape index (κ1) is 23.0. The summed E-state index contributed by atoms with van der Waals surface area (Å²) >= 11 is 0. The normalized spacial score (nSPS) is 21.7. The molecule has 0 N–H and O–H groups in total. The topological polar surface area (TPSA) is 12.5 Å². The van der Waals surface area contributed by atoms with Crippen molar-refractivity contribution in [3.8, 4) is 0 Å². The molecule has 0 bridgehead atoms. The number of hydrogen-bond donors (Lipinski definition) is 0. The first-order valence-corrected chi connectivity index (χ1v) is 12.1. The van der Waals surface area contributed by atoms with E-state index in [9.17, 15) is 0 Å². The largest absolute Gasteiger partial charge is 0.461 e. The fraction of sp³-hybridized carbons (Fsp3) is 0.533. The quantitative estimate of drug-likeness (QED) is 0.471. The molecule has 0 radical (unpaired) electrons. The second kappa shape index (κ2) is 7.68. The molecule has 1 aromatic carbocycles. The van der Waals surface area contributed by atoms with Crippen molar-refractivity contribution in [2.75, 3.05) is 18.0 Å². The smallest absolute Gasteiger partial charge is 0.127 e. The van der Waals surface area contributed by atoms with Crippen molar-refractivity contribution < 1.29 is 4.74 Å². The molecule has 0 saturated carbocycles. The predicted molar refractivity (Wildman–Crippen MR) is 138 cm³/mol. The second-order valence-corrected chi connectivity index (χ2v) is 12.7. The maximum atomic E-state index is 6.32. The maximum absolute atomic E-state index is 6.32. The zero-order valence-corrected chi connectivity index (χ0v) is 21.6. The van der Waals surface area contributed by atoms with E-state index in [1.807, 2.05) is 0 Å². The van der Waals surface area contributed by atoms with Gasteiger partial charge in [-0.15, -0.1) is 0 Å². The predicted octanol–water partition coefficient (Wildman–Crippen LogP) is 7.95. The van der Waals surface area contributed by atoms with Crippen LogP contribution < -0.4 is 4.90 Å². The number of benzene rings is 1. The Morgan fingerprint density at radius 3 is 2.41 bits per heavy atom. The Kier molecular flexibility index (Phi) is 5.51. The van der Waals surface area contributed by atoms with Crippen LogP contribution >= 0.6 is 0 Å². The molecule has 172 valence electrons. The van der Waals surface area contributed by atoms with Crippen molar-refractivity contribution in [2.24, 2.45) is 10.8 Å². The highest BCUT2D eigenvalue weighted by Crippen LogP contribution is 2.47. The number of nitrogens with zero attached hydrogens (tertiary/aromatic N) is 1. The summed E-state index contributed by atoms with van der Waals surface area (Å²) in [6.45, 7) is 22.9. The van der Waals surface area contributed by atoms with Crippen LogP contribution in [0, 0.1) is 10.8 Å². The van der Waals surface area contributed by atoms with Crippen LogP contribution in [0.2, 0.25) is 0 Å². The Bertz CT molecular complexity index is 1050. The van der Waals surface area contributed by atoms with Crippen molar-refractivity contribution in [1.82, 2.24) is 0 Å². The van der Waals surface area contributed by atoms with Gasteiger partial charge in [0, 0.05) is 24.2 Å². The second-order valence-electron chi connectivity index (χ2n) is 12.7. The van der Waals surface area contributed by atoms with Gasteiger partial charge in [-0.2, -0.15) is 0 Å². The lowest BCUT2D eigenvalue weighted by atomic mass is 9.71. The molecule has 32 heavy (non-hydrogen) atoms. The SMILES string of the molecule is CC(C)=C1C=C(/C=C/c2cc3c4c(c2)C(C)(C)CCN4CC(C)(C)C3)OC(C(C)(C)C)=C1. The monoisotopic (exact) mass is 431 g/mol. The van der Waals surface area contributed by atoms with Gasteiger partial charge in [0.2, 0.25) is 0 Å². The van der Waals surface area contributed by atoms with Crippen LogP contribution in [0.5, 0.6) is 0 Å². The Morgan fingerprint density at radius 1 is 1.03 bits per heavy atom. The zero-order chi connectivity index (χ0) is 23.5. The molecule has 0 atom stereocenters. The minimum absolute atomic E-state index is 0.0247. The van der Waals surface area contributed by atoms with Gasteiger partial charge in [-0.25, -0.2) is 0 Å². The third kappa shape index (κ3) is 4.47. The molecule has 2 heteroatoms. The zero-order valence-electron chi connectivity index (χ0n) is 21.6. The van der Waals surface area contributed by atoms with Crippen molar-refractivity contribution >= 4 is 11.8 Å². The molecule has 0 fully saturated rings. The average Bonchev–Trinajstić information content (AvgIpc) is 2.67. The van der Waals surface area contributed by atoms with Crippen molar-refractivity contribution in [2.45, 2.75) is 80.6 Å². The van der Waals surface area contributed by atoms with E-state index in [4.69, 9.17) is 4.74 Å². The van der Waals surface area contributed by atoms with E-state index in [1.54, 1.807) is 0 Å². The summed E-state index contributed by atoms with van der Waals surface area (Å²) in [5.41, 5.74) is 8.86. The molecule has 3 aliphatic rings. The molecular weight excluding hydrogens is 390 g/mol. The Hall–Kier alpha value is -2.22. The van der Waals surface area contributed by atoms with Gasteiger partial charge in [-0.1, -0.05) is 60.1 Å². The van der Waals surface area contributed by atoms with E-state index in [1.165, 1.54) is 46.5 Å². The van der Waals surface area contributed by atoms with Crippen molar-refractivity contribution in [3.05, 3.63) is 69.7 Å². The number of anilines is 1. The molecule has 0 aliphatic carbocycles. The fourth-order valence-electron chi connectivity index (χ4n) is 5.19. The molecule has 3 aliphatic heterocycles. The summed E-state index contributed by atoms with van der Waals surface area (Å²) in [4.78, 5) is 2.64. The molecule has 3 heterocycles. The van der Waals surface area contributed by atoms with E-state index < -0.39 is 0 Å². The van der Waals surface area contributed by atoms with Gasteiger partial charge in [0.05, 0.1) is 0 Å². The third-order valence-electron chi connectivity index (χ3n) is 7.12. The van der Waals surface area contributed by atoms with Crippen LogP contribution in [0.25, 0.3) is 6.08 Å². The molecule has 0 saturated heterocycles. The summed E-state index contributed by atoms with van der Waals surface area (Å²) in [7, 11) is 0. The standard InChI is InChI=1S/C30H41NO/c1-20(2)22-16-24(32-26(17-22)28(3,4)5)11-10-21-14-23-18-29(6,7)19-31-13-12-30(8,9)25(15-21)27(23)31/h10-11,14-17H,12-13,18-19H2,1-9H3/b11-10+. The Labute approximate surface area is 195 Å². The van der Waals surface area contributed by atoms with E-state index in [0.29, 0.717) is 5.41 Å².